The van der Waals surface area contributed by atoms with Crippen molar-refractivity contribution in [2.75, 3.05) is 26.2 Å². The fourth-order valence-corrected chi connectivity index (χ4v) is 2.79. The predicted molar refractivity (Wildman–Crippen MR) is 93.7 cm³/mol. The molecule has 1 aromatic rings. The molecule has 1 atom stereocenters. The molecule has 0 fully saturated rings. The van der Waals surface area contributed by atoms with Crippen molar-refractivity contribution in [3.05, 3.63) is 35.9 Å². The third-order valence-electron chi connectivity index (χ3n) is 4.40. The van der Waals surface area contributed by atoms with Gasteiger partial charge >= 0.3 is 0 Å². The van der Waals surface area contributed by atoms with E-state index >= 15 is 0 Å². The minimum atomic E-state index is 0.445. The molecule has 2 nitrogen and oxygen atoms in total. The first-order valence-electron chi connectivity index (χ1n) is 8.75. The first-order valence-corrected chi connectivity index (χ1v) is 8.75. The van der Waals surface area contributed by atoms with E-state index in [0.717, 1.165) is 25.6 Å². The van der Waals surface area contributed by atoms with Crippen molar-refractivity contribution in [2.24, 2.45) is 5.92 Å². The van der Waals surface area contributed by atoms with Crippen LogP contribution in [0.5, 0.6) is 0 Å². The van der Waals surface area contributed by atoms with E-state index in [4.69, 9.17) is 0 Å². The van der Waals surface area contributed by atoms with Gasteiger partial charge in [0.05, 0.1) is 0 Å². The van der Waals surface area contributed by atoms with Gasteiger partial charge in [-0.2, -0.15) is 0 Å². The fourth-order valence-electron chi connectivity index (χ4n) is 2.79. The topological polar surface area (TPSA) is 15.3 Å². The number of hydrogen-bond acceptors (Lipinski definition) is 2. The third-order valence-corrected chi connectivity index (χ3v) is 4.40. The maximum Gasteiger partial charge on any atom is 0.0449 e. The highest BCUT2D eigenvalue weighted by Crippen LogP contribution is 2.17. The lowest BCUT2D eigenvalue weighted by Gasteiger charge is -2.30. The van der Waals surface area contributed by atoms with Crippen molar-refractivity contribution in [1.82, 2.24) is 10.2 Å². The Hall–Kier alpha value is -0.860. The molecule has 0 heterocycles. The Labute approximate surface area is 131 Å². The Balaban J connectivity index is 2.69. The Morgan fingerprint density at radius 3 is 2.14 bits per heavy atom. The summed E-state index contributed by atoms with van der Waals surface area (Å²) in [6.07, 6.45) is 3.75. The highest BCUT2D eigenvalue weighted by atomic mass is 15.1. The van der Waals surface area contributed by atoms with Crippen molar-refractivity contribution < 1.29 is 0 Å². The molecule has 1 aromatic carbocycles. The van der Waals surface area contributed by atoms with Gasteiger partial charge in [0.15, 0.2) is 0 Å². The van der Waals surface area contributed by atoms with Gasteiger partial charge in [0.25, 0.3) is 0 Å². The monoisotopic (exact) mass is 290 g/mol. The molecule has 21 heavy (non-hydrogen) atoms. The standard InChI is InChI=1S/C19H34N2/c1-5-14-20-19(18-12-10-9-11-13-18)16-21(8-4)15-17(6-2)7-3/h9-13,17,19-20H,5-8,14-16H2,1-4H3. The highest BCUT2D eigenvalue weighted by molar-refractivity contribution is 5.19. The van der Waals surface area contributed by atoms with Crippen LogP contribution in [0.1, 0.15) is 58.6 Å². The van der Waals surface area contributed by atoms with Crippen molar-refractivity contribution in [3.63, 3.8) is 0 Å². The zero-order valence-corrected chi connectivity index (χ0v) is 14.4. The van der Waals surface area contributed by atoms with E-state index in [9.17, 15) is 0 Å². The van der Waals surface area contributed by atoms with E-state index in [2.05, 4.69) is 68.2 Å². The largest absolute Gasteiger partial charge is 0.309 e. The minimum Gasteiger partial charge on any atom is -0.309 e. The Morgan fingerprint density at radius 2 is 1.62 bits per heavy atom. The average molecular weight is 290 g/mol. The molecule has 0 aliphatic heterocycles. The Bertz CT molecular complexity index is 346. The van der Waals surface area contributed by atoms with E-state index in [1.165, 1.54) is 31.4 Å². The number of nitrogens with one attached hydrogen (secondary N) is 1. The Morgan fingerprint density at radius 1 is 0.952 bits per heavy atom. The number of rotatable bonds is 11. The summed E-state index contributed by atoms with van der Waals surface area (Å²) in [7, 11) is 0. The highest BCUT2D eigenvalue weighted by Gasteiger charge is 2.16. The molecule has 2 heteroatoms. The molecule has 120 valence electrons. The lowest BCUT2D eigenvalue weighted by molar-refractivity contribution is 0.211. The van der Waals surface area contributed by atoms with Gasteiger partial charge in [-0.05, 0) is 31.0 Å². The maximum atomic E-state index is 3.72. The lowest BCUT2D eigenvalue weighted by Crippen LogP contribution is -2.38. The minimum absolute atomic E-state index is 0.445. The summed E-state index contributed by atoms with van der Waals surface area (Å²) in [6, 6.07) is 11.3. The molecule has 0 saturated carbocycles. The maximum absolute atomic E-state index is 3.72. The summed E-state index contributed by atoms with van der Waals surface area (Å²) in [4.78, 5) is 2.61. The molecule has 1 N–H and O–H groups in total. The average Bonchev–Trinajstić information content (AvgIpc) is 2.55. The van der Waals surface area contributed by atoms with Crippen LogP contribution in [-0.4, -0.2) is 31.1 Å². The molecule has 0 bridgehead atoms. The summed E-state index contributed by atoms with van der Waals surface area (Å²) in [5, 5.41) is 3.72. The summed E-state index contributed by atoms with van der Waals surface area (Å²) in [5.41, 5.74) is 1.41. The normalized spacial score (nSPS) is 13.0. The van der Waals surface area contributed by atoms with E-state index < -0.39 is 0 Å². The first-order chi connectivity index (χ1) is 10.2. The van der Waals surface area contributed by atoms with Gasteiger partial charge in [0, 0.05) is 19.1 Å². The van der Waals surface area contributed by atoms with Crippen LogP contribution in [0.2, 0.25) is 0 Å². The van der Waals surface area contributed by atoms with E-state index in [1.807, 2.05) is 0 Å². The molecule has 0 aliphatic carbocycles. The fraction of sp³-hybridized carbons (Fsp3) is 0.684. The smallest absolute Gasteiger partial charge is 0.0449 e. The van der Waals surface area contributed by atoms with Gasteiger partial charge in [-0.3, -0.25) is 0 Å². The second-order valence-corrected chi connectivity index (χ2v) is 5.95. The molecule has 0 saturated heterocycles. The van der Waals surface area contributed by atoms with Crippen LogP contribution in [0.15, 0.2) is 30.3 Å². The zero-order chi connectivity index (χ0) is 15.5. The second-order valence-electron chi connectivity index (χ2n) is 5.95. The van der Waals surface area contributed by atoms with Crippen LogP contribution in [0.4, 0.5) is 0 Å². The SMILES string of the molecule is CCCNC(CN(CC)CC(CC)CC)c1ccccc1. The summed E-state index contributed by atoms with van der Waals surface area (Å²) in [6.45, 7) is 13.7. The quantitative estimate of drug-likeness (QED) is 0.646. The van der Waals surface area contributed by atoms with E-state index in [0.29, 0.717) is 6.04 Å². The van der Waals surface area contributed by atoms with Gasteiger partial charge < -0.3 is 10.2 Å². The zero-order valence-electron chi connectivity index (χ0n) is 14.4. The van der Waals surface area contributed by atoms with Gasteiger partial charge in [-0.25, -0.2) is 0 Å². The van der Waals surface area contributed by atoms with Crippen molar-refractivity contribution in [2.45, 2.75) is 53.0 Å². The number of nitrogens with zero attached hydrogens (tertiary/aromatic N) is 1. The summed E-state index contributed by atoms with van der Waals surface area (Å²) in [5.74, 6) is 0.826. The van der Waals surface area contributed by atoms with Crippen LogP contribution < -0.4 is 5.32 Å². The van der Waals surface area contributed by atoms with Crippen LogP contribution >= 0.6 is 0 Å². The summed E-state index contributed by atoms with van der Waals surface area (Å²) >= 11 is 0. The van der Waals surface area contributed by atoms with E-state index in [1.54, 1.807) is 0 Å². The first kappa shape index (κ1) is 18.2. The van der Waals surface area contributed by atoms with Gasteiger partial charge in [0.2, 0.25) is 0 Å². The van der Waals surface area contributed by atoms with E-state index in [-0.39, 0.29) is 0 Å². The lowest BCUT2D eigenvalue weighted by atomic mass is 10.0. The van der Waals surface area contributed by atoms with Crippen molar-refractivity contribution in [3.8, 4) is 0 Å². The van der Waals surface area contributed by atoms with Crippen molar-refractivity contribution in [1.29, 1.82) is 0 Å². The molecule has 0 spiro atoms. The number of hydrogen-bond donors (Lipinski definition) is 1. The molecular weight excluding hydrogens is 256 g/mol. The summed E-state index contributed by atoms with van der Waals surface area (Å²) < 4.78 is 0. The molecule has 1 unspecified atom stereocenters. The Kier molecular flexibility index (Phi) is 9.36. The van der Waals surface area contributed by atoms with Crippen LogP contribution in [-0.2, 0) is 0 Å². The second kappa shape index (κ2) is 10.8. The molecule has 0 aromatic heterocycles. The van der Waals surface area contributed by atoms with Crippen LogP contribution in [0.25, 0.3) is 0 Å². The molecule has 0 aliphatic rings. The molecule has 1 rings (SSSR count). The van der Waals surface area contributed by atoms with Gasteiger partial charge in [0.1, 0.15) is 0 Å². The third kappa shape index (κ3) is 6.62. The van der Waals surface area contributed by atoms with Gasteiger partial charge in [-0.1, -0.05) is 70.9 Å². The van der Waals surface area contributed by atoms with Gasteiger partial charge in [-0.15, -0.1) is 0 Å². The predicted octanol–water partition coefficient (Wildman–Crippen LogP) is 4.49. The molecule has 0 radical (unpaired) electrons. The van der Waals surface area contributed by atoms with Crippen LogP contribution in [0.3, 0.4) is 0 Å². The van der Waals surface area contributed by atoms with Crippen LogP contribution in [0, 0.1) is 5.92 Å². The van der Waals surface area contributed by atoms with Crippen molar-refractivity contribution >= 4 is 0 Å². The number of likely N-dealkylation sites (N-methyl/N-ethyl adjacent to an activating group) is 1. The molecule has 0 amide bonds. The molecular formula is C19H34N2. The number of benzene rings is 1.